The summed E-state index contributed by atoms with van der Waals surface area (Å²) in [6, 6.07) is 15.0. The van der Waals surface area contributed by atoms with Crippen LogP contribution in [0.5, 0.6) is 0 Å². The van der Waals surface area contributed by atoms with Crippen LogP contribution in [0, 0.1) is 0 Å². The van der Waals surface area contributed by atoms with Crippen LogP contribution in [0.25, 0.3) is 0 Å². The number of aryl methyl sites for hydroxylation is 1. The van der Waals surface area contributed by atoms with Crippen molar-refractivity contribution in [3.63, 3.8) is 0 Å². The van der Waals surface area contributed by atoms with Crippen molar-refractivity contribution in [2.24, 2.45) is 0 Å². The van der Waals surface area contributed by atoms with Gasteiger partial charge in [0, 0.05) is 4.47 Å². The summed E-state index contributed by atoms with van der Waals surface area (Å²) < 4.78 is 0.928. The molecule has 1 unspecified atom stereocenters. The van der Waals surface area contributed by atoms with Crippen LogP contribution in [-0.4, -0.2) is 7.05 Å². The molecular formula is C16H17BrClN. The number of rotatable bonds is 4. The minimum atomic E-state index is 0.180. The van der Waals surface area contributed by atoms with E-state index in [1.165, 1.54) is 16.7 Å². The maximum Gasteiger partial charge on any atom is 0.0574 e. The third-order valence-electron chi connectivity index (χ3n) is 3.29. The van der Waals surface area contributed by atoms with Crippen LogP contribution < -0.4 is 5.32 Å². The Labute approximate surface area is 128 Å². The van der Waals surface area contributed by atoms with E-state index in [0.717, 1.165) is 15.9 Å². The predicted octanol–water partition coefficient (Wildman–Crippen LogP) is 4.97. The summed E-state index contributed by atoms with van der Waals surface area (Å²) in [4.78, 5) is 0. The first kappa shape index (κ1) is 14.6. The molecule has 3 heteroatoms. The van der Waals surface area contributed by atoms with Crippen LogP contribution in [0.4, 0.5) is 0 Å². The first-order chi connectivity index (χ1) is 9.15. The lowest BCUT2D eigenvalue weighted by molar-refractivity contribution is 0.691. The summed E-state index contributed by atoms with van der Waals surface area (Å²) in [5.41, 5.74) is 3.81. The van der Waals surface area contributed by atoms with Crippen molar-refractivity contribution in [1.29, 1.82) is 0 Å². The standard InChI is InChI=1S/C16H17BrClN/c1-3-11-4-6-12(7-5-11)16(19-2)13-8-9-15(18)14(17)10-13/h4-10,16,19H,3H2,1-2H3. The van der Waals surface area contributed by atoms with Crippen molar-refractivity contribution in [3.05, 3.63) is 68.7 Å². The fourth-order valence-electron chi connectivity index (χ4n) is 2.16. The van der Waals surface area contributed by atoms with Crippen LogP contribution in [0.15, 0.2) is 46.9 Å². The summed E-state index contributed by atoms with van der Waals surface area (Å²) in [6.07, 6.45) is 1.07. The molecule has 0 aromatic heterocycles. The van der Waals surface area contributed by atoms with Gasteiger partial charge in [0.05, 0.1) is 11.1 Å². The van der Waals surface area contributed by atoms with Gasteiger partial charge in [-0.3, -0.25) is 0 Å². The zero-order valence-electron chi connectivity index (χ0n) is 11.1. The minimum absolute atomic E-state index is 0.180. The highest BCUT2D eigenvalue weighted by Gasteiger charge is 2.12. The molecule has 0 heterocycles. The van der Waals surface area contributed by atoms with E-state index in [9.17, 15) is 0 Å². The van der Waals surface area contributed by atoms with E-state index >= 15 is 0 Å². The van der Waals surface area contributed by atoms with Crippen molar-refractivity contribution in [1.82, 2.24) is 5.32 Å². The molecule has 0 spiro atoms. The second-order valence-corrected chi connectivity index (χ2v) is 5.75. The summed E-state index contributed by atoms with van der Waals surface area (Å²) >= 11 is 9.53. The molecule has 0 fully saturated rings. The van der Waals surface area contributed by atoms with Crippen LogP contribution in [0.1, 0.15) is 29.7 Å². The summed E-state index contributed by atoms with van der Waals surface area (Å²) in [6.45, 7) is 2.17. The fraction of sp³-hybridized carbons (Fsp3) is 0.250. The smallest absolute Gasteiger partial charge is 0.0574 e. The highest BCUT2D eigenvalue weighted by molar-refractivity contribution is 9.10. The van der Waals surface area contributed by atoms with E-state index in [4.69, 9.17) is 11.6 Å². The van der Waals surface area contributed by atoms with Crippen LogP contribution in [0.2, 0.25) is 5.02 Å². The highest BCUT2D eigenvalue weighted by atomic mass is 79.9. The normalized spacial score (nSPS) is 12.4. The van der Waals surface area contributed by atoms with Crippen molar-refractivity contribution < 1.29 is 0 Å². The van der Waals surface area contributed by atoms with Crippen LogP contribution in [0.3, 0.4) is 0 Å². The molecule has 1 nitrogen and oxygen atoms in total. The van der Waals surface area contributed by atoms with Gasteiger partial charge in [-0.2, -0.15) is 0 Å². The Morgan fingerprint density at radius 2 is 1.74 bits per heavy atom. The Morgan fingerprint density at radius 3 is 2.26 bits per heavy atom. The summed E-state index contributed by atoms with van der Waals surface area (Å²) in [5, 5.41) is 4.09. The quantitative estimate of drug-likeness (QED) is 0.829. The molecule has 0 bridgehead atoms. The number of halogens is 2. The zero-order valence-corrected chi connectivity index (χ0v) is 13.4. The molecule has 1 N–H and O–H groups in total. The number of benzene rings is 2. The minimum Gasteiger partial charge on any atom is -0.309 e. The highest BCUT2D eigenvalue weighted by Crippen LogP contribution is 2.29. The first-order valence-electron chi connectivity index (χ1n) is 6.36. The monoisotopic (exact) mass is 337 g/mol. The molecule has 100 valence electrons. The van der Waals surface area contributed by atoms with E-state index in [1.54, 1.807) is 0 Å². The average Bonchev–Trinajstić information content (AvgIpc) is 2.44. The number of nitrogens with one attached hydrogen (secondary N) is 1. The zero-order chi connectivity index (χ0) is 13.8. The molecular weight excluding hydrogens is 322 g/mol. The van der Waals surface area contributed by atoms with Gasteiger partial charge < -0.3 is 5.32 Å². The SMILES string of the molecule is CCc1ccc(C(NC)c2ccc(Cl)c(Br)c2)cc1. The number of hydrogen-bond acceptors (Lipinski definition) is 1. The van der Waals surface area contributed by atoms with Gasteiger partial charge in [0.25, 0.3) is 0 Å². The first-order valence-corrected chi connectivity index (χ1v) is 7.54. The molecule has 0 aliphatic rings. The van der Waals surface area contributed by atoms with Crippen molar-refractivity contribution in [2.45, 2.75) is 19.4 Å². The second-order valence-electron chi connectivity index (χ2n) is 4.49. The van der Waals surface area contributed by atoms with E-state index in [1.807, 2.05) is 13.1 Å². The van der Waals surface area contributed by atoms with E-state index in [2.05, 4.69) is 64.6 Å². The topological polar surface area (TPSA) is 12.0 Å². The molecule has 2 rings (SSSR count). The van der Waals surface area contributed by atoms with Gasteiger partial charge in [0.1, 0.15) is 0 Å². The van der Waals surface area contributed by atoms with Gasteiger partial charge in [-0.05, 0) is 58.2 Å². The third-order valence-corrected chi connectivity index (χ3v) is 4.50. The Bertz CT molecular complexity index is 551. The van der Waals surface area contributed by atoms with Gasteiger partial charge in [-0.25, -0.2) is 0 Å². The Kier molecular flexibility index (Phi) is 5.03. The summed E-state index contributed by atoms with van der Waals surface area (Å²) in [5.74, 6) is 0. The fourth-order valence-corrected chi connectivity index (χ4v) is 2.68. The van der Waals surface area contributed by atoms with Gasteiger partial charge in [-0.15, -0.1) is 0 Å². The Balaban J connectivity index is 2.34. The average molecular weight is 339 g/mol. The molecule has 0 amide bonds. The van der Waals surface area contributed by atoms with Gasteiger partial charge in [0.15, 0.2) is 0 Å². The van der Waals surface area contributed by atoms with Gasteiger partial charge in [-0.1, -0.05) is 48.9 Å². The molecule has 19 heavy (non-hydrogen) atoms. The van der Waals surface area contributed by atoms with E-state index < -0.39 is 0 Å². The van der Waals surface area contributed by atoms with Crippen molar-refractivity contribution in [2.75, 3.05) is 7.05 Å². The molecule has 2 aromatic rings. The van der Waals surface area contributed by atoms with Crippen LogP contribution in [-0.2, 0) is 6.42 Å². The number of hydrogen-bond donors (Lipinski definition) is 1. The maximum absolute atomic E-state index is 6.05. The summed E-state index contributed by atoms with van der Waals surface area (Å²) in [7, 11) is 1.97. The van der Waals surface area contributed by atoms with Crippen LogP contribution >= 0.6 is 27.5 Å². The van der Waals surface area contributed by atoms with Gasteiger partial charge in [0.2, 0.25) is 0 Å². The Morgan fingerprint density at radius 1 is 1.11 bits per heavy atom. The molecule has 0 aliphatic heterocycles. The van der Waals surface area contributed by atoms with E-state index in [-0.39, 0.29) is 6.04 Å². The lowest BCUT2D eigenvalue weighted by atomic mass is 9.97. The maximum atomic E-state index is 6.05. The lowest BCUT2D eigenvalue weighted by Gasteiger charge is -2.18. The van der Waals surface area contributed by atoms with Gasteiger partial charge >= 0.3 is 0 Å². The predicted molar refractivity (Wildman–Crippen MR) is 85.9 cm³/mol. The molecule has 0 aliphatic carbocycles. The lowest BCUT2D eigenvalue weighted by Crippen LogP contribution is -2.17. The molecule has 1 atom stereocenters. The molecule has 0 radical (unpaired) electrons. The Hall–Kier alpha value is -0.830. The van der Waals surface area contributed by atoms with Crippen molar-refractivity contribution in [3.8, 4) is 0 Å². The molecule has 0 saturated carbocycles. The molecule has 0 saturated heterocycles. The van der Waals surface area contributed by atoms with Crippen molar-refractivity contribution >= 4 is 27.5 Å². The molecule has 2 aromatic carbocycles. The third kappa shape index (κ3) is 3.38. The van der Waals surface area contributed by atoms with E-state index in [0.29, 0.717) is 0 Å². The second kappa shape index (κ2) is 6.56. The largest absolute Gasteiger partial charge is 0.309 e.